The second-order valence-electron chi connectivity index (χ2n) is 5.24. The van der Waals surface area contributed by atoms with Crippen LogP contribution in [0.25, 0.3) is 11.0 Å². The van der Waals surface area contributed by atoms with Gasteiger partial charge in [-0.25, -0.2) is 4.98 Å². The van der Waals surface area contributed by atoms with E-state index in [0.29, 0.717) is 34.8 Å². The molecule has 2 aromatic rings. The van der Waals surface area contributed by atoms with Crippen LogP contribution in [0.4, 0.5) is 0 Å². The Labute approximate surface area is 115 Å². The minimum atomic E-state index is -0.287. The molecule has 3 rings (SSSR count). The van der Waals surface area contributed by atoms with Gasteiger partial charge in [-0.15, -0.1) is 0 Å². The number of amides is 1. The second-order valence-corrected chi connectivity index (χ2v) is 5.24. The quantitative estimate of drug-likeness (QED) is 0.705. The molecule has 0 saturated carbocycles. The number of aromatic amines is 1. The molecule has 3 heterocycles. The van der Waals surface area contributed by atoms with Crippen molar-refractivity contribution in [1.82, 2.24) is 25.4 Å². The van der Waals surface area contributed by atoms with Gasteiger partial charge in [-0.1, -0.05) is 0 Å². The standard InChI is InChI=1S/C13H17N5O2/c1-7-3-9(12(19)15-6-8-4-14-5-8)10-11(16-7)18(2)17-13(10)20/h3,8,14H,4-6H2,1-2H3,(H,15,19)(H,17,20). The van der Waals surface area contributed by atoms with E-state index in [1.54, 1.807) is 13.1 Å². The molecular weight excluding hydrogens is 258 g/mol. The number of H-pyrrole nitrogens is 1. The summed E-state index contributed by atoms with van der Waals surface area (Å²) in [7, 11) is 1.71. The summed E-state index contributed by atoms with van der Waals surface area (Å²) in [6.07, 6.45) is 0. The first-order valence-electron chi connectivity index (χ1n) is 6.61. The molecule has 106 valence electrons. The highest BCUT2D eigenvalue weighted by Crippen LogP contribution is 2.14. The zero-order valence-corrected chi connectivity index (χ0v) is 11.5. The highest BCUT2D eigenvalue weighted by molar-refractivity contribution is 6.05. The van der Waals surface area contributed by atoms with Crippen LogP contribution in [0.15, 0.2) is 10.9 Å². The SMILES string of the molecule is Cc1cc(C(=O)NCC2CNC2)c2c(=O)[nH]n(C)c2n1. The Balaban J connectivity index is 1.96. The molecule has 1 aliphatic rings. The first-order chi connectivity index (χ1) is 9.56. The van der Waals surface area contributed by atoms with Crippen LogP contribution in [0, 0.1) is 12.8 Å². The van der Waals surface area contributed by atoms with Crippen LogP contribution in [0.2, 0.25) is 0 Å². The van der Waals surface area contributed by atoms with Crippen molar-refractivity contribution in [2.75, 3.05) is 19.6 Å². The molecule has 0 aliphatic carbocycles. The summed E-state index contributed by atoms with van der Waals surface area (Å²) in [5.74, 6) is 0.260. The number of hydrogen-bond acceptors (Lipinski definition) is 4. The van der Waals surface area contributed by atoms with Crippen LogP contribution >= 0.6 is 0 Å². The summed E-state index contributed by atoms with van der Waals surface area (Å²) in [5, 5.41) is 9.03. The van der Waals surface area contributed by atoms with Gasteiger partial charge in [0.25, 0.3) is 11.5 Å². The van der Waals surface area contributed by atoms with Crippen molar-refractivity contribution in [1.29, 1.82) is 0 Å². The predicted octanol–water partition coefficient (Wildman–Crippen LogP) is -0.481. The maximum atomic E-state index is 12.3. The smallest absolute Gasteiger partial charge is 0.274 e. The summed E-state index contributed by atoms with van der Waals surface area (Å²) >= 11 is 0. The Morgan fingerprint density at radius 1 is 1.55 bits per heavy atom. The van der Waals surface area contributed by atoms with Gasteiger partial charge in [-0.2, -0.15) is 0 Å². The molecule has 0 bridgehead atoms. The van der Waals surface area contributed by atoms with Crippen molar-refractivity contribution in [3.63, 3.8) is 0 Å². The van der Waals surface area contributed by atoms with Crippen molar-refractivity contribution in [2.24, 2.45) is 13.0 Å². The fraction of sp³-hybridized carbons (Fsp3) is 0.462. The molecule has 7 nitrogen and oxygen atoms in total. The molecule has 2 aromatic heterocycles. The van der Waals surface area contributed by atoms with Crippen LogP contribution < -0.4 is 16.2 Å². The van der Waals surface area contributed by atoms with Gasteiger partial charge >= 0.3 is 0 Å². The molecule has 1 amide bonds. The lowest BCUT2D eigenvalue weighted by Crippen LogP contribution is -2.48. The second kappa shape index (κ2) is 4.75. The maximum Gasteiger partial charge on any atom is 0.274 e. The minimum Gasteiger partial charge on any atom is -0.352 e. The highest BCUT2D eigenvalue weighted by Gasteiger charge is 2.20. The van der Waals surface area contributed by atoms with Crippen molar-refractivity contribution >= 4 is 16.9 Å². The van der Waals surface area contributed by atoms with E-state index in [1.807, 2.05) is 6.92 Å². The summed E-state index contributed by atoms with van der Waals surface area (Å²) in [6, 6.07) is 1.66. The van der Waals surface area contributed by atoms with Gasteiger partial charge in [0.15, 0.2) is 5.65 Å². The van der Waals surface area contributed by atoms with Crippen molar-refractivity contribution < 1.29 is 4.79 Å². The molecule has 0 radical (unpaired) electrons. The van der Waals surface area contributed by atoms with Gasteiger partial charge in [0.05, 0.1) is 10.9 Å². The Hall–Kier alpha value is -2.15. The number of fused-ring (bicyclic) bond motifs is 1. The van der Waals surface area contributed by atoms with Gasteiger partial charge in [0.2, 0.25) is 0 Å². The van der Waals surface area contributed by atoms with Crippen LogP contribution in [-0.2, 0) is 7.05 Å². The van der Waals surface area contributed by atoms with Gasteiger partial charge in [0.1, 0.15) is 0 Å². The van der Waals surface area contributed by atoms with Gasteiger partial charge < -0.3 is 10.6 Å². The van der Waals surface area contributed by atoms with E-state index in [-0.39, 0.29) is 11.5 Å². The Bertz CT molecular complexity index is 726. The fourth-order valence-corrected chi connectivity index (χ4v) is 2.39. The molecule has 0 unspecified atom stereocenters. The lowest BCUT2D eigenvalue weighted by molar-refractivity contribution is 0.0943. The number of nitrogens with zero attached hydrogens (tertiary/aromatic N) is 2. The number of aromatic nitrogens is 3. The van der Waals surface area contributed by atoms with Crippen LogP contribution in [0.3, 0.4) is 0 Å². The zero-order valence-electron chi connectivity index (χ0n) is 11.5. The zero-order chi connectivity index (χ0) is 14.3. The van der Waals surface area contributed by atoms with E-state index in [9.17, 15) is 9.59 Å². The normalized spacial score (nSPS) is 15.3. The number of hydrogen-bond donors (Lipinski definition) is 3. The topological polar surface area (TPSA) is 91.8 Å². The lowest BCUT2D eigenvalue weighted by atomic mass is 10.0. The monoisotopic (exact) mass is 275 g/mol. The number of pyridine rings is 1. The van der Waals surface area contributed by atoms with Gasteiger partial charge in [-0.05, 0) is 13.0 Å². The van der Waals surface area contributed by atoms with E-state index in [1.165, 1.54) is 4.68 Å². The van der Waals surface area contributed by atoms with Crippen molar-refractivity contribution in [2.45, 2.75) is 6.92 Å². The average Bonchev–Trinajstić information content (AvgIpc) is 2.62. The lowest BCUT2D eigenvalue weighted by Gasteiger charge is -2.27. The molecule has 0 aromatic carbocycles. The maximum absolute atomic E-state index is 12.3. The largest absolute Gasteiger partial charge is 0.352 e. The van der Waals surface area contributed by atoms with Crippen LogP contribution in [0.5, 0.6) is 0 Å². The number of nitrogens with one attached hydrogen (secondary N) is 3. The molecule has 1 fully saturated rings. The Kier molecular flexibility index (Phi) is 3.06. The minimum absolute atomic E-state index is 0.218. The fourth-order valence-electron chi connectivity index (χ4n) is 2.39. The Morgan fingerprint density at radius 2 is 2.30 bits per heavy atom. The number of rotatable bonds is 3. The first kappa shape index (κ1) is 12.9. The predicted molar refractivity (Wildman–Crippen MR) is 74.8 cm³/mol. The van der Waals surface area contributed by atoms with Crippen molar-refractivity contribution in [3.8, 4) is 0 Å². The highest BCUT2D eigenvalue weighted by atomic mass is 16.2. The third-order valence-electron chi connectivity index (χ3n) is 3.60. The van der Waals surface area contributed by atoms with Gasteiger partial charge in [-0.3, -0.25) is 19.4 Å². The van der Waals surface area contributed by atoms with Gasteiger partial charge in [0, 0.05) is 38.3 Å². The van der Waals surface area contributed by atoms with Crippen molar-refractivity contribution in [3.05, 3.63) is 27.7 Å². The summed E-state index contributed by atoms with van der Waals surface area (Å²) in [6.45, 7) is 4.29. The molecule has 7 heteroatoms. The molecule has 1 saturated heterocycles. The summed E-state index contributed by atoms with van der Waals surface area (Å²) < 4.78 is 1.54. The molecule has 0 spiro atoms. The third kappa shape index (κ3) is 2.09. The van der Waals surface area contributed by atoms with E-state index < -0.39 is 0 Å². The average molecular weight is 275 g/mol. The van der Waals surface area contributed by atoms with E-state index in [4.69, 9.17) is 0 Å². The van der Waals surface area contributed by atoms with E-state index >= 15 is 0 Å². The molecule has 1 aliphatic heterocycles. The number of aryl methyl sites for hydroxylation is 2. The summed E-state index contributed by atoms with van der Waals surface area (Å²) in [5.41, 5.74) is 1.32. The van der Waals surface area contributed by atoms with Crippen LogP contribution in [-0.4, -0.2) is 40.3 Å². The molecule has 0 atom stereocenters. The van der Waals surface area contributed by atoms with E-state index in [2.05, 4.69) is 20.7 Å². The number of carbonyl (C=O) groups is 1. The first-order valence-corrected chi connectivity index (χ1v) is 6.61. The van der Waals surface area contributed by atoms with E-state index in [0.717, 1.165) is 13.1 Å². The number of carbonyl (C=O) groups excluding carboxylic acids is 1. The van der Waals surface area contributed by atoms with Crippen LogP contribution in [0.1, 0.15) is 16.1 Å². The third-order valence-corrected chi connectivity index (χ3v) is 3.60. The molecule has 3 N–H and O–H groups in total. The Morgan fingerprint density at radius 3 is 2.95 bits per heavy atom. The summed E-state index contributed by atoms with van der Waals surface area (Å²) in [4.78, 5) is 28.5. The molecule has 20 heavy (non-hydrogen) atoms. The molecular formula is C13H17N5O2.